The average molecular weight is 408 g/mol. The minimum Gasteiger partial charge on any atom is -0.481 e. The van der Waals surface area contributed by atoms with E-state index in [0.29, 0.717) is 25.8 Å². The molecule has 3 heterocycles. The summed E-state index contributed by atoms with van der Waals surface area (Å²) in [5, 5.41) is 19.7. The van der Waals surface area contributed by atoms with E-state index in [4.69, 9.17) is 4.74 Å². The first-order chi connectivity index (χ1) is 13.5. The van der Waals surface area contributed by atoms with Gasteiger partial charge in [-0.2, -0.15) is 0 Å². The zero-order valence-corrected chi connectivity index (χ0v) is 17.6. The lowest BCUT2D eigenvalue weighted by molar-refractivity contribution is -0.155. The Balaban J connectivity index is 2.13. The Morgan fingerprint density at radius 3 is 2.59 bits per heavy atom. The van der Waals surface area contributed by atoms with Gasteiger partial charge in [0, 0.05) is 12.1 Å². The highest BCUT2D eigenvalue weighted by atomic mass is 16.5. The quantitative estimate of drug-likeness (QED) is 0.610. The maximum Gasteiger partial charge on any atom is 0.310 e. The molecule has 29 heavy (non-hydrogen) atoms. The van der Waals surface area contributed by atoms with Crippen LogP contribution in [0.4, 0.5) is 0 Å². The number of aliphatic hydroxyl groups is 1. The van der Waals surface area contributed by atoms with Crippen LogP contribution >= 0.6 is 0 Å². The number of hydrogen-bond donors (Lipinski definition) is 2. The molecule has 1 spiro atoms. The first-order valence-electron chi connectivity index (χ1n) is 10.3. The molecule has 0 saturated carbocycles. The van der Waals surface area contributed by atoms with Crippen molar-refractivity contribution in [3.8, 4) is 0 Å². The predicted molar refractivity (Wildman–Crippen MR) is 105 cm³/mol. The Morgan fingerprint density at radius 2 is 2.10 bits per heavy atom. The van der Waals surface area contributed by atoms with E-state index in [2.05, 4.69) is 6.58 Å². The summed E-state index contributed by atoms with van der Waals surface area (Å²) in [6.07, 6.45) is 2.49. The summed E-state index contributed by atoms with van der Waals surface area (Å²) in [6, 6.07) is -1.52. The molecule has 0 aliphatic carbocycles. The number of carboxylic acid groups (broad SMARTS) is 1. The molecule has 8 nitrogen and oxygen atoms in total. The van der Waals surface area contributed by atoms with E-state index in [-0.39, 0.29) is 12.5 Å². The van der Waals surface area contributed by atoms with Crippen molar-refractivity contribution in [2.24, 2.45) is 11.8 Å². The van der Waals surface area contributed by atoms with Gasteiger partial charge < -0.3 is 24.7 Å². The Hall–Kier alpha value is -1.93. The molecule has 8 heteroatoms. The third-order valence-electron chi connectivity index (χ3n) is 6.72. The SMILES string of the molecule is C=CCN(C(=O)C1N([C@@H](CC)CO)C(=O)[C@@H]2[C@@H](C(=O)O)[C@H]3CCC12O3)C(C)(C)C. The third kappa shape index (κ3) is 3.08. The largest absolute Gasteiger partial charge is 0.481 e. The maximum absolute atomic E-state index is 13.9. The van der Waals surface area contributed by atoms with Crippen LogP contribution in [-0.4, -0.2) is 80.3 Å². The van der Waals surface area contributed by atoms with Crippen LogP contribution in [0.2, 0.25) is 0 Å². The monoisotopic (exact) mass is 408 g/mol. The first kappa shape index (κ1) is 21.8. The van der Waals surface area contributed by atoms with Crippen LogP contribution in [0, 0.1) is 11.8 Å². The van der Waals surface area contributed by atoms with Gasteiger partial charge in [-0.1, -0.05) is 13.0 Å². The first-order valence-corrected chi connectivity index (χ1v) is 10.3. The number of nitrogens with zero attached hydrogens (tertiary/aromatic N) is 2. The standard InChI is InChI=1S/C21H32N2O6/c1-6-10-22(20(3,4)5)18(26)16-21-9-8-13(29-21)14(19(27)28)15(21)17(25)23(16)12(7-2)11-24/h6,12-16,24H,1,7-11H2,2-5H3,(H,27,28)/t12-,13+,14-,15-,16?,21?/m0/s1. The summed E-state index contributed by atoms with van der Waals surface area (Å²) >= 11 is 0. The fraction of sp³-hybridized carbons (Fsp3) is 0.762. The summed E-state index contributed by atoms with van der Waals surface area (Å²) in [6.45, 7) is 11.3. The van der Waals surface area contributed by atoms with E-state index >= 15 is 0 Å². The highest BCUT2D eigenvalue weighted by molar-refractivity contribution is 5.98. The molecule has 0 radical (unpaired) electrons. The van der Waals surface area contributed by atoms with Gasteiger partial charge in [-0.15, -0.1) is 6.58 Å². The molecule has 162 valence electrons. The molecule has 2 bridgehead atoms. The molecule has 6 atom stereocenters. The van der Waals surface area contributed by atoms with Crippen molar-refractivity contribution in [2.45, 2.75) is 76.3 Å². The Labute approximate surface area is 171 Å². The lowest BCUT2D eigenvalue weighted by Crippen LogP contribution is -2.61. The predicted octanol–water partition coefficient (Wildman–Crippen LogP) is 1.03. The van der Waals surface area contributed by atoms with Gasteiger partial charge in [0.05, 0.1) is 30.6 Å². The minimum absolute atomic E-state index is 0.285. The Morgan fingerprint density at radius 1 is 1.45 bits per heavy atom. The molecule has 3 aliphatic heterocycles. The van der Waals surface area contributed by atoms with Gasteiger partial charge in [-0.05, 0) is 40.0 Å². The molecule has 2 N–H and O–H groups in total. The molecule has 3 saturated heterocycles. The van der Waals surface area contributed by atoms with Gasteiger partial charge in [-0.25, -0.2) is 0 Å². The highest BCUT2D eigenvalue weighted by Crippen LogP contribution is 2.59. The van der Waals surface area contributed by atoms with Gasteiger partial charge in [0.1, 0.15) is 11.6 Å². The molecular weight excluding hydrogens is 376 g/mol. The number of hydrogen-bond acceptors (Lipinski definition) is 5. The van der Waals surface area contributed by atoms with Crippen molar-refractivity contribution in [1.29, 1.82) is 0 Å². The van der Waals surface area contributed by atoms with E-state index in [1.807, 2.05) is 27.7 Å². The number of amides is 2. The number of aliphatic hydroxyl groups excluding tert-OH is 1. The normalized spacial score (nSPS) is 34.2. The van der Waals surface area contributed by atoms with Gasteiger partial charge in [0.15, 0.2) is 0 Å². The summed E-state index contributed by atoms with van der Waals surface area (Å²) in [5.74, 6) is -3.62. The van der Waals surface area contributed by atoms with E-state index < -0.39 is 53.0 Å². The van der Waals surface area contributed by atoms with Crippen molar-refractivity contribution < 1.29 is 29.3 Å². The van der Waals surface area contributed by atoms with Gasteiger partial charge in [0.25, 0.3) is 0 Å². The molecule has 0 aromatic rings. The number of rotatable bonds is 7. The summed E-state index contributed by atoms with van der Waals surface area (Å²) < 4.78 is 6.17. The van der Waals surface area contributed by atoms with Gasteiger partial charge >= 0.3 is 5.97 Å². The Bertz CT molecular complexity index is 712. The molecule has 0 aromatic carbocycles. The van der Waals surface area contributed by atoms with Crippen LogP contribution < -0.4 is 0 Å². The molecule has 2 amide bonds. The molecule has 2 unspecified atom stereocenters. The fourth-order valence-electron chi connectivity index (χ4n) is 5.43. The number of carbonyl (C=O) groups is 3. The van der Waals surface area contributed by atoms with E-state index in [1.54, 1.807) is 11.0 Å². The molecular formula is C21H32N2O6. The minimum atomic E-state index is -1.16. The van der Waals surface area contributed by atoms with Crippen LogP contribution in [0.25, 0.3) is 0 Å². The van der Waals surface area contributed by atoms with Crippen LogP contribution in [0.3, 0.4) is 0 Å². The van der Waals surface area contributed by atoms with Crippen molar-refractivity contribution in [1.82, 2.24) is 9.80 Å². The lowest BCUT2D eigenvalue weighted by Gasteiger charge is -2.43. The second kappa shape index (κ2) is 7.40. The van der Waals surface area contributed by atoms with Crippen molar-refractivity contribution >= 4 is 17.8 Å². The van der Waals surface area contributed by atoms with Crippen LogP contribution in [0.15, 0.2) is 12.7 Å². The van der Waals surface area contributed by atoms with E-state index in [1.165, 1.54) is 4.90 Å². The van der Waals surface area contributed by atoms with Crippen molar-refractivity contribution in [2.75, 3.05) is 13.2 Å². The lowest BCUT2D eigenvalue weighted by atomic mass is 9.70. The second-order valence-corrected chi connectivity index (χ2v) is 9.29. The van der Waals surface area contributed by atoms with Crippen molar-refractivity contribution in [3.63, 3.8) is 0 Å². The number of ether oxygens (including phenoxy) is 1. The number of aliphatic carboxylic acids is 1. The molecule has 3 aliphatic rings. The van der Waals surface area contributed by atoms with Crippen molar-refractivity contribution in [3.05, 3.63) is 12.7 Å². The molecule has 3 rings (SSSR count). The number of fused-ring (bicyclic) bond motifs is 1. The number of carboxylic acids is 1. The number of likely N-dealkylation sites (tertiary alicyclic amines) is 1. The van der Waals surface area contributed by atoms with Gasteiger partial charge in [0.2, 0.25) is 11.8 Å². The highest BCUT2D eigenvalue weighted by Gasteiger charge is 2.75. The molecule has 0 aromatic heterocycles. The second-order valence-electron chi connectivity index (χ2n) is 9.29. The summed E-state index contributed by atoms with van der Waals surface area (Å²) in [7, 11) is 0. The topological polar surface area (TPSA) is 107 Å². The van der Waals surface area contributed by atoms with E-state index in [0.717, 1.165) is 0 Å². The number of carbonyl (C=O) groups excluding carboxylic acids is 2. The third-order valence-corrected chi connectivity index (χ3v) is 6.72. The Kier molecular flexibility index (Phi) is 5.55. The summed E-state index contributed by atoms with van der Waals surface area (Å²) in [4.78, 5) is 42.4. The molecule has 3 fully saturated rings. The zero-order valence-electron chi connectivity index (χ0n) is 17.6. The van der Waals surface area contributed by atoms with Gasteiger partial charge in [-0.3, -0.25) is 14.4 Å². The van der Waals surface area contributed by atoms with Crippen LogP contribution in [0.5, 0.6) is 0 Å². The van der Waals surface area contributed by atoms with E-state index in [9.17, 15) is 24.6 Å². The van der Waals surface area contributed by atoms with Crippen LogP contribution in [-0.2, 0) is 19.1 Å². The zero-order chi connectivity index (χ0) is 21.7. The van der Waals surface area contributed by atoms with Crippen LogP contribution in [0.1, 0.15) is 47.0 Å². The maximum atomic E-state index is 13.9. The summed E-state index contributed by atoms with van der Waals surface area (Å²) in [5.41, 5.74) is -1.69. The smallest absolute Gasteiger partial charge is 0.310 e. The average Bonchev–Trinajstić information content (AvgIpc) is 3.27. The fourth-order valence-corrected chi connectivity index (χ4v) is 5.43.